The largest absolute Gasteiger partial charge is 0.371 e. The molecule has 3 rings (SSSR count). The number of halogens is 1. The molecule has 1 aliphatic rings. The summed E-state index contributed by atoms with van der Waals surface area (Å²) in [5.41, 5.74) is 8.23. The smallest absolute Gasteiger partial charge is 0.243 e. The average molecular weight is 331 g/mol. The maximum absolute atomic E-state index is 12.0. The van der Waals surface area contributed by atoms with Gasteiger partial charge in [-0.1, -0.05) is 46.3 Å². The number of nitrogens with two attached hydrogens (primary N) is 1. The van der Waals surface area contributed by atoms with E-state index in [0.29, 0.717) is 12.8 Å². The van der Waals surface area contributed by atoms with Gasteiger partial charge in [-0.15, -0.1) is 0 Å². The molecule has 0 fully saturated rings. The summed E-state index contributed by atoms with van der Waals surface area (Å²) in [4.78, 5) is 12.0. The number of hydrogen-bond acceptors (Lipinski definition) is 2. The predicted molar refractivity (Wildman–Crippen MR) is 83.5 cm³/mol. The number of benzene rings is 2. The molecule has 2 aromatic rings. The van der Waals surface area contributed by atoms with E-state index in [-0.39, 0.29) is 5.91 Å². The van der Waals surface area contributed by atoms with Crippen molar-refractivity contribution in [3.63, 3.8) is 0 Å². The molecule has 0 spiro atoms. The fourth-order valence-electron chi connectivity index (χ4n) is 2.78. The number of carbonyl (C=O) groups is 1. The van der Waals surface area contributed by atoms with E-state index in [1.807, 2.05) is 36.4 Å². The van der Waals surface area contributed by atoms with E-state index in [1.165, 1.54) is 11.1 Å². The Morgan fingerprint density at radius 1 is 1.10 bits per heavy atom. The Morgan fingerprint density at radius 3 is 2.30 bits per heavy atom. The van der Waals surface area contributed by atoms with Crippen LogP contribution in [-0.4, -0.2) is 11.4 Å². The fourth-order valence-corrected chi connectivity index (χ4v) is 3.18. The van der Waals surface area contributed by atoms with Crippen LogP contribution in [0.1, 0.15) is 11.1 Å². The van der Waals surface area contributed by atoms with Crippen LogP contribution in [0.25, 0.3) is 0 Å². The number of anilines is 1. The summed E-state index contributed by atoms with van der Waals surface area (Å²) in [6, 6.07) is 15.9. The molecule has 0 heterocycles. The molecule has 1 amide bonds. The summed E-state index contributed by atoms with van der Waals surface area (Å²) in [6.07, 6.45) is 1.26. The van der Waals surface area contributed by atoms with Gasteiger partial charge in [-0.05, 0) is 29.3 Å². The molecular weight excluding hydrogens is 316 g/mol. The van der Waals surface area contributed by atoms with Crippen molar-refractivity contribution in [2.24, 2.45) is 5.73 Å². The van der Waals surface area contributed by atoms with E-state index in [4.69, 9.17) is 5.73 Å². The van der Waals surface area contributed by atoms with Crippen molar-refractivity contribution in [1.29, 1.82) is 0 Å². The van der Waals surface area contributed by atoms with Crippen molar-refractivity contribution < 1.29 is 4.79 Å². The molecule has 0 bridgehead atoms. The Morgan fingerprint density at radius 2 is 1.75 bits per heavy atom. The number of carbonyl (C=O) groups excluding carboxylic acids is 1. The van der Waals surface area contributed by atoms with E-state index >= 15 is 0 Å². The number of nitrogens with one attached hydrogen (secondary N) is 1. The van der Waals surface area contributed by atoms with E-state index in [2.05, 4.69) is 33.4 Å². The van der Waals surface area contributed by atoms with E-state index in [0.717, 1.165) is 10.2 Å². The molecule has 0 unspecified atom stereocenters. The van der Waals surface area contributed by atoms with Gasteiger partial charge in [-0.2, -0.15) is 0 Å². The second-order valence-electron chi connectivity index (χ2n) is 5.20. The number of primary amides is 1. The Labute approximate surface area is 126 Å². The Balaban J connectivity index is 1.94. The average Bonchev–Trinajstić information content (AvgIpc) is 2.78. The number of hydrogen-bond donors (Lipinski definition) is 2. The van der Waals surface area contributed by atoms with Crippen LogP contribution in [0, 0.1) is 0 Å². The van der Waals surface area contributed by atoms with Gasteiger partial charge in [-0.3, -0.25) is 4.79 Å². The summed E-state index contributed by atoms with van der Waals surface area (Å²) in [5.74, 6) is -0.311. The Kier molecular flexibility index (Phi) is 3.26. The molecule has 0 radical (unpaired) electrons. The third kappa shape index (κ3) is 2.31. The number of fused-ring (bicyclic) bond motifs is 1. The highest BCUT2D eigenvalue weighted by atomic mass is 79.9. The van der Waals surface area contributed by atoms with Gasteiger partial charge in [0.05, 0.1) is 0 Å². The third-order valence-electron chi connectivity index (χ3n) is 3.78. The van der Waals surface area contributed by atoms with Crippen LogP contribution in [0.4, 0.5) is 5.69 Å². The molecule has 0 saturated heterocycles. The molecule has 0 aromatic heterocycles. The molecule has 20 heavy (non-hydrogen) atoms. The summed E-state index contributed by atoms with van der Waals surface area (Å²) in [5, 5.41) is 3.34. The SMILES string of the molecule is NC(=O)C1(Nc2cccc(Br)c2)Cc2ccccc2C1. The number of amides is 1. The standard InChI is InChI=1S/C16H15BrN2O/c17-13-6-3-7-14(8-13)19-16(15(18)20)9-11-4-1-2-5-12(11)10-16/h1-8,19H,9-10H2,(H2,18,20). The first-order valence-corrected chi connectivity index (χ1v) is 7.29. The van der Waals surface area contributed by atoms with E-state index in [9.17, 15) is 4.79 Å². The first kappa shape index (κ1) is 13.2. The van der Waals surface area contributed by atoms with Crippen LogP contribution in [0.15, 0.2) is 53.0 Å². The summed E-state index contributed by atoms with van der Waals surface area (Å²) in [6.45, 7) is 0. The van der Waals surface area contributed by atoms with Crippen LogP contribution in [0.3, 0.4) is 0 Å². The lowest BCUT2D eigenvalue weighted by molar-refractivity contribution is -0.122. The van der Waals surface area contributed by atoms with Crippen LogP contribution in [0.2, 0.25) is 0 Å². The second kappa shape index (κ2) is 4.94. The van der Waals surface area contributed by atoms with Gasteiger partial charge >= 0.3 is 0 Å². The molecule has 4 heteroatoms. The molecule has 3 N–H and O–H groups in total. The van der Waals surface area contributed by atoms with Gasteiger partial charge in [0.2, 0.25) is 5.91 Å². The minimum Gasteiger partial charge on any atom is -0.371 e. The van der Waals surface area contributed by atoms with Crippen molar-refractivity contribution in [3.8, 4) is 0 Å². The molecule has 0 aliphatic heterocycles. The van der Waals surface area contributed by atoms with Crippen molar-refractivity contribution in [2.45, 2.75) is 18.4 Å². The second-order valence-corrected chi connectivity index (χ2v) is 6.12. The monoisotopic (exact) mass is 330 g/mol. The zero-order valence-electron chi connectivity index (χ0n) is 10.9. The van der Waals surface area contributed by atoms with Gasteiger partial charge in [0, 0.05) is 23.0 Å². The van der Waals surface area contributed by atoms with Crippen molar-refractivity contribution in [2.75, 3.05) is 5.32 Å². The van der Waals surface area contributed by atoms with Crippen LogP contribution in [0.5, 0.6) is 0 Å². The molecule has 0 atom stereocenters. The zero-order valence-corrected chi connectivity index (χ0v) is 12.5. The fraction of sp³-hybridized carbons (Fsp3) is 0.188. The van der Waals surface area contributed by atoms with E-state index in [1.54, 1.807) is 0 Å². The topological polar surface area (TPSA) is 55.1 Å². The minimum absolute atomic E-state index is 0.311. The highest BCUT2D eigenvalue weighted by Crippen LogP contribution is 2.33. The van der Waals surface area contributed by atoms with Crippen LogP contribution >= 0.6 is 15.9 Å². The highest BCUT2D eigenvalue weighted by Gasteiger charge is 2.42. The summed E-state index contributed by atoms with van der Waals surface area (Å²) < 4.78 is 0.970. The van der Waals surface area contributed by atoms with Gasteiger partial charge in [0.1, 0.15) is 5.54 Å². The van der Waals surface area contributed by atoms with E-state index < -0.39 is 5.54 Å². The van der Waals surface area contributed by atoms with Crippen molar-refractivity contribution >= 4 is 27.5 Å². The zero-order chi connectivity index (χ0) is 14.2. The van der Waals surface area contributed by atoms with Gasteiger partial charge < -0.3 is 11.1 Å². The lowest BCUT2D eigenvalue weighted by Crippen LogP contribution is -2.51. The molecule has 1 aliphatic carbocycles. The quantitative estimate of drug-likeness (QED) is 0.909. The maximum atomic E-state index is 12.0. The lowest BCUT2D eigenvalue weighted by atomic mass is 9.94. The van der Waals surface area contributed by atoms with Crippen LogP contribution in [-0.2, 0) is 17.6 Å². The van der Waals surface area contributed by atoms with Gasteiger partial charge in [-0.25, -0.2) is 0 Å². The van der Waals surface area contributed by atoms with Crippen molar-refractivity contribution in [3.05, 3.63) is 64.1 Å². The first-order valence-electron chi connectivity index (χ1n) is 6.49. The highest BCUT2D eigenvalue weighted by molar-refractivity contribution is 9.10. The lowest BCUT2D eigenvalue weighted by Gasteiger charge is -2.28. The molecule has 0 saturated carbocycles. The normalized spacial score (nSPS) is 15.7. The predicted octanol–water partition coefficient (Wildman–Crippen LogP) is 2.88. The van der Waals surface area contributed by atoms with Gasteiger partial charge in [0.25, 0.3) is 0 Å². The molecule has 2 aromatic carbocycles. The van der Waals surface area contributed by atoms with Crippen LogP contribution < -0.4 is 11.1 Å². The number of rotatable bonds is 3. The molecule has 102 valence electrons. The Hall–Kier alpha value is -1.81. The molecule has 3 nitrogen and oxygen atoms in total. The van der Waals surface area contributed by atoms with Crippen molar-refractivity contribution in [1.82, 2.24) is 0 Å². The third-order valence-corrected chi connectivity index (χ3v) is 4.28. The first-order chi connectivity index (χ1) is 9.59. The minimum atomic E-state index is -0.732. The maximum Gasteiger partial charge on any atom is 0.243 e. The summed E-state index contributed by atoms with van der Waals surface area (Å²) in [7, 11) is 0. The Bertz CT molecular complexity index is 644. The van der Waals surface area contributed by atoms with Gasteiger partial charge in [0.15, 0.2) is 0 Å². The molecular formula is C16H15BrN2O. The summed E-state index contributed by atoms with van der Waals surface area (Å²) >= 11 is 3.44.